The third kappa shape index (κ3) is 2.27. The Hall–Kier alpha value is -2.03. The van der Waals surface area contributed by atoms with Crippen molar-refractivity contribution in [1.82, 2.24) is 25.1 Å². The lowest BCUT2D eigenvalue weighted by atomic mass is 9.87. The second kappa shape index (κ2) is 5.06. The lowest BCUT2D eigenvalue weighted by Gasteiger charge is -2.36. The Morgan fingerprint density at radius 2 is 2.10 bits per heavy atom. The molecule has 0 radical (unpaired) electrons. The number of urea groups is 1. The number of likely N-dealkylation sites (tertiary alicyclic amines) is 1. The van der Waals surface area contributed by atoms with Crippen LogP contribution in [0.4, 0.5) is 4.79 Å². The molecule has 3 rings (SSSR count). The van der Waals surface area contributed by atoms with Crippen LogP contribution < -0.4 is 10.6 Å². The summed E-state index contributed by atoms with van der Waals surface area (Å²) >= 11 is 1.10. The second-order valence-electron chi connectivity index (χ2n) is 5.18. The van der Waals surface area contributed by atoms with E-state index in [0.29, 0.717) is 42.9 Å². The molecule has 1 aromatic rings. The minimum Gasteiger partial charge on any atom is -0.338 e. The standard InChI is InChI=1S/C12H15N5O3S/c1-2-7-8(21-16-15-7)9(18)17-5-3-12(4-6-17)10(19)13-11(20)14-12/h2-6H2,1H3,(H2,13,14,19,20). The van der Waals surface area contributed by atoms with E-state index in [-0.39, 0.29) is 11.8 Å². The van der Waals surface area contributed by atoms with Crippen LogP contribution in [-0.4, -0.2) is 51.0 Å². The first-order valence-corrected chi connectivity index (χ1v) is 7.57. The maximum atomic E-state index is 12.5. The number of amides is 4. The number of imide groups is 1. The predicted octanol–water partition coefficient (Wildman–Crippen LogP) is -0.0853. The third-order valence-corrected chi connectivity index (χ3v) is 4.76. The first kappa shape index (κ1) is 13.9. The molecule has 2 aliphatic heterocycles. The van der Waals surface area contributed by atoms with E-state index in [1.54, 1.807) is 4.90 Å². The highest BCUT2D eigenvalue weighted by Gasteiger charge is 2.48. The molecule has 0 unspecified atom stereocenters. The molecule has 0 saturated carbocycles. The van der Waals surface area contributed by atoms with E-state index >= 15 is 0 Å². The average molecular weight is 309 g/mol. The van der Waals surface area contributed by atoms with Crippen LogP contribution in [-0.2, 0) is 11.2 Å². The number of nitrogens with one attached hydrogen (secondary N) is 2. The van der Waals surface area contributed by atoms with E-state index in [4.69, 9.17) is 0 Å². The number of aryl methyl sites for hydroxylation is 1. The van der Waals surface area contributed by atoms with Gasteiger partial charge >= 0.3 is 6.03 Å². The van der Waals surface area contributed by atoms with Gasteiger partial charge in [0.15, 0.2) is 0 Å². The summed E-state index contributed by atoms with van der Waals surface area (Å²) in [6.45, 7) is 2.78. The molecule has 1 spiro atoms. The summed E-state index contributed by atoms with van der Waals surface area (Å²) in [6, 6.07) is -0.459. The lowest BCUT2D eigenvalue weighted by Crippen LogP contribution is -2.55. The zero-order chi connectivity index (χ0) is 15.0. The highest BCUT2D eigenvalue weighted by molar-refractivity contribution is 7.08. The number of nitrogens with zero attached hydrogens (tertiary/aromatic N) is 3. The molecule has 21 heavy (non-hydrogen) atoms. The van der Waals surface area contributed by atoms with E-state index in [2.05, 4.69) is 20.2 Å². The molecule has 8 nitrogen and oxygen atoms in total. The van der Waals surface area contributed by atoms with Crippen LogP contribution >= 0.6 is 11.5 Å². The van der Waals surface area contributed by atoms with Gasteiger partial charge in [-0.25, -0.2) is 4.79 Å². The van der Waals surface area contributed by atoms with Gasteiger partial charge in [0.1, 0.15) is 10.4 Å². The highest BCUT2D eigenvalue weighted by atomic mass is 32.1. The number of hydrogen-bond acceptors (Lipinski definition) is 6. The minimum absolute atomic E-state index is 0.0959. The molecule has 0 aliphatic carbocycles. The van der Waals surface area contributed by atoms with Gasteiger partial charge < -0.3 is 10.2 Å². The Balaban J connectivity index is 1.70. The first-order valence-electron chi connectivity index (χ1n) is 6.80. The Bertz CT molecular complexity index is 606. The molecule has 9 heteroatoms. The van der Waals surface area contributed by atoms with Crippen LogP contribution in [0.15, 0.2) is 0 Å². The molecule has 2 saturated heterocycles. The van der Waals surface area contributed by atoms with Gasteiger partial charge in [-0.15, -0.1) is 5.10 Å². The molecular weight excluding hydrogens is 294 g/mol. The molecule has 2 fully saturated rings. The van der Waals surface area contributed by atoms with Gasteiger partial charge in [0.05, 0.1) is 5.69 Å². The highest BCUT2D eigenvalue weighted by Crippen LogP contribution is 2.27. The van der Waals surface area contributed by atoms with Crippen LogP contribution in [0.25, 0.3) is 0 Å². The van der Waals surface area contributed by atoms with Crippen molar-refractivity contribution in [3.63, 3.8) is 0 Å². The number of carbonyl (C=O) groups is 3. The molecule has 0 atom stereocenters. The van der Waals surface area contributed by atoms with E-state index in [0.717, 1.165) is 11.5 Å². The lowest BCUT2D eigenvalue weighted by molar-refractivity contribution is -0.125. The van der Waals surface area contributed by atoms with Crippen molar-refractivity contribution in [3.05, 3.63) is 10.6 Å². The molecule has 3 heterocycles. The van der Waals surface area contributed by atoms with Crippen molar-refractivity contribution in [2.75, 3.05) is 13.1 Å². The van der Waals surface area contributed by atoms with Crippen molar-refractivity contribution in [1.29, 1.82) is 0 Å². The van der Waals surface area contributed by atoms with Gasteiger partial charge in [-0.1, -0.05) is 11.4 Å². The molecule has 4 amide bonds. The number of aromatic nitrogens is 2. The fourth-order valence-corrected chi connectivity index (χ4v) is 3.44. The van der Waals surface area contributed by atoms with Gasteiger partial charge in [0, 0.05) is 13.1 Å². The van der Waals surface area contributed by atoms with Gasteiger partial charge in [-0.2, -0.15) is 0 Å². The zero-order valence-corrected chi connectivity index (χ0v) is 12.3. The summed E-state index contributed by atoms with van der Waals surface area (Å²) in [4.78, 5) is 37.8. The summed E-state index contributed by atoms with van der Waals surface area (Å²) in [5, 5.41) is 8.88. The quantitative estimate of drug-likeness (QED) is 0.743. The maximum Gasteiger partial charge on any atom is 0.322 e. The summed E-state index contributed by atoms with van der Waals surface area (Å²) in [6.07, 6.45) is 1.50. The third-order valence-electron chi connectivity index (χ3n) is 4.00. The van der Waals surface area contributed by atoms with E-state index in [9.17, 15) is 14.4 Å². The smallest absolute Gasteiger partial charge is 0.322 e. The predicted molar refractivity (Wildman–Crippen MR) is 73.8 cm³/mol. The molecule has 0 aromatic carbocycles. The molecule has 2 N–H and O–H groups in total. The van der Waals surface area contributed by atoms with Gasteiger partial charge in [-0.3, -0.25) is 14.9 Å². The van der Waals surface area contributed by atoms with Crippen LogP contribution in [0.3, 0.4) is 0 Å². The average Bonchev–Trinajstić information content (AvgIpc) is 3.04. The Morgan fingerprint density at radius 1 is 1.38 bits per heavy atom. The fourth-order valence-electron chi connectivity index (χ4n) is 2.72. The maximum absolute atomic E-state index is 12.5. The van der Waals surface area contributed by atoms with Crippen molar-refractivity contribution >= 4 is 29.4 Å². The van der Waals surface area contributed by atoms with E-state index in [1.165, 1.54) is 0 Å². The van der Waals surface area contributed by atoms with Gasteiger partial charge in [-0.05, 0) is 30.8 Å². The van der Waals surface area contributed by atoms with Crippen LogP contribution in [0.5, 0.6) is 0 Å². The van der Waals surface area contributed by atoms with Crippen molar-refractivity contribution < 1.29 is 14.4 Å². The normalized spacial score (nSPS) is 20.5. The molecule has 1 aromatic heterocycles. The number of hydrogen-bond donors (Lipinski definition) is 2. The Labute approximate surface area is 125 Å². The van der Waals surface area contributed by atoms with Crippen LogP contribution in [0.1, 0.15) is 35.1 Å². The molecule has 2 aliphatic rings. The zero-order valence-electron chi connectivity index (χ0n) is 11.5. The van der Waals surface area contributed by atoms with Crippen LogP contribution in [0.2, 0.25) is 0 Å². The first-order chi connectivity index (χ1) is 10.1. The van der Waals surface area contributed by atoms with Crippen molar-refractivity contribution in [2.45, 2.75) is 31.7 Å². The Morgan fingerprint density at radius 3 is 2.67 bits per heavy atom. The van der Waals surface area contributed by atoms with Gasteiger partial charge in [0.2, 0.25) is 0 Å². The topological polar surface area (TPSA) is 104 Å². The fraction of sp³-hybridized carbons (Fsp3) is 0.583. The summed E-state index contributed by atoms with van der Waals surface area (Å²) in [7, 11) is 0. The number of carbonyl (C=O) groups excluding carboxylic acids is 3. The van der Waals surface area contributed by atoms with Crippen molar-refractivity contribution in [2.24, 2.45) is 0 Å². The second-order valence-corrected chi connectivity index (χ2v) is 5.94. The van der Waals surface area contributed by atoms with E-state index < -0.39 is 11.6 Å². The van der Waals surface area contributed by atoms with Gasteiger partial charge in [0.25, 0.3) is 11.8 Å². The number of piperidine rings is 1. The largest absolute Gasteiger partial charge is 0.338 e. The molecular formula is C12H15N5O3S. The summed E-state index contributed by atoms with van der Waals surface area (Å²) in [5.74, 6) is -0.394. The monoisotopic (exact) mass is 309 g/mol. The van der Waals surface area contributed by atoms with Crippen LogP contribution in [0, 0.1) is 0 Å². The number of rotatable bonds is 2. The molecule has 112 valence electrons. The summed E-state index contributed by atoms with van der Waals surface area (Å²) < 4.78 is 3.82. The van der Waals surface area contributed by atoms with E-state index in [1.807, 2.05) is 6.92 Å². The molecule has 0 bridgehead atoms. The Kier molecular flexibility index (Phi) is 3.36. The van der Waals surface area contributed by atoms with Crippen molar-refractivity contribution in [3.8, 4) is 0 Å². The summed E-state index contributed by atoms with van der Waals surface area (Å²) in [5.41, 5.74) is -0.148. The SMILES string of the molecule is CCc1nnsc1C(=O)N1CCC2(CC1)NC(=O)NC2=O. The minimum atomic E-state index is -0.854.